The molecular formula is C30H37ClFN5O. The van der Waals surface area contributed by atoms with Gasteiger partial charge in [0.25, 0.3) is 0 Å². The molecule has 2 aromatic rings. The molecule has 0 radical (unpaired) electrons. The maximum atomic E-state index is 14.9. The minimum Gasteiger partial charge on any atom is -0.352 e. The van der Waals surface area contributed by atoms with Crippen LogP contribution in [-0.2, 0) is 11.2 Å². The predicted octanol–water partition coefficient (Wildman–Crippen LogP) is 6.48. The Bertz CT molecular complexity index is 1240. The molecule has 1 aliphatic rings. The molecule has 202 valence electrons. The summed E-state index contributed by atoms with van der Waals surface area (Å²) in [6.45, 7) is 9.39. The summed E-state index contributed by atoms with van der Waals surface area (Å²) in [5.74, 6) is 0.621. The van der Waals surface area contributed by atoms with Crippen molar-refractivity contribution in [3.8, 4) is 0 Å². The maximum Gasteiger partial charge on any atom is 0.219 e. The van der Waals surface area contributed by atoms with E-state index < -0.39 is 0 Å². The molecule has 0 bridgehead atoms. The number of aliphatic imine (C=N–C) groups is 1. The van der Waals surface area contributed by atoms with Crippen LogP contribution in [0.25, 0.3) is 5.57 Å². The Hall–Kier alpha value is -3.29. The van der Waals surface area contributed by atoms with E-state index in [1.807, 2.05) is 44.3 Å². The van der Waals surface area contributed by atoms with Crippen LogP contribution in [0.2, 0.25) is 5.02 Å². The number of rotatable bonds is 12. The lowest BCUT2D eigenvalue weighted by molar-refractivity contribution is -0.106. The van der Waals surface area contributed by atoms with Crippen molar-refractivity contribution in [3.63, 3.8) is 0 Å². The van der Waals surface area contributed by atoms with Gasteiger partial charge >= 0.3 is 0 Å². The van der Waals surface area contributed by atoms with Crippen molar-refractivity contribution in [2.24, 2.45) is 4.99 Å². The Morgan fingerprint density at radius 1 is 1.32 bits per heavy atom. The number of amidine groups is 1. The molecule has 1 aromatic carbocycles. The van der Waals surface area contributed by atoms with Crippen LogP contribution in [0.1, 0.15) is 49.9 Å². The first kappa shape index (κ1) is 29.3. The molecule has 3 rings (SSSR count). The van der Waals surface area contributed by atoms with Gasteiger partial charge in [0.2, 0.25) is 6.41 Å². The number of nitrogens with one attached hydrogen (secondary N) is 1. The fourth-order valence-electron chi connectivity index (χ4n) is 4.71. The highest BCUT2D eigenvalue weighted by molar-refractivity contribution is 6.33. The number of hydrogen-bond acceptors (Lipinski definition) is 4. The van der Waals surface area contributed by atoms with Crippen LogP contribution in [0.3, 0.4) is 0 Å². The third-order valence-electron chi connectivity index (χ3n) is 6.60. The molecule has 1 atom stereocenters. The normalized spacial score (nSPS) is 14.4. The lowest BCUT2D eigenvalue weighted by Crippen LogP contribution is -2.45. The first-order chi connectivity index (χ1) is 18.4. The van der Waals surface area contributed by atoms with E-state index in [-0.39, 0.29) is 11.9 Å². The van der Waals surface area contributed by atoms with Gasteiger partial charge in [-0.1, -0.05) is 48.9 Å². The average molecular weight is 538 g/mol. The minimum atomic E-state index is -0.365. The Morgan fingerprint density at radius 2 is 2.05 bits per heavy atom. The Morgan fingerprint density at radius 3 is 2.68 bits per heavy atom. The number of hydrogen-bond donors (Lipinski definition) is 1. The predicted molar refractivity (Wildman–Crippen MR) is 157 cm³/mol. The molecule has 0 spiro atoms. The molecule has 6 nitrogen and oxygen atoms in total. The number of likely N-dealkylation sites (N-methyl/N-ethyl adjacent to an activating group) is 1. The summed E-state index contributed by atoms with van der Waals surface area (Å²) in [7, 11) is 3.62. The van der Waals surface area contributed by atoms with Crippen LogP contribution >= 0.6 is 11.6 Å². The van der Waals surface area contributed by atoms with Gasteiger partial charge in [0.1, 0.15) is 11.7 Å². The quantitative estimate of drug-likeness (QED) is 0.146. The second-order valence-electron chi connectivity index (χ2n) is 9.12. The lowest BCUT2D eigenvalue weighted by Gasteiger charge is -2.34. The topological polar surface area (TPSA) is 60.8 Å². The largest absolute Gasteiger partial charge is 0.352 e. The van der Waals surface area contributed by atoms with Crippen molar-refractivity contribution >= 4 is 40.9 Å². The van der Waals surface area contributed by atoms with Gasteiger partial charge in [-0.3, -0.25) is 14.7 Å². The third kappa shape index (κ3) is 6.40. The van der Waals surface area contributed by atoms with Crippen molar-refractivity contribution in [2.45, 2.75) is 45.6 Å². The molecule has 1 aromatic heterocycles. The molecular weight excluding hydrogens is 501 g/mol. The van der Waals surface area contributed by atoms with Crippen molar-refractivity contribution in [3.05, 3.63) is 82.8 Å². The standard InChI is InChI=1S/C30H37ClFN5O/c1-6-8-17-36(21(3)19-33-4)29(34-5)24-18-25(31)28(23-14-10-11-15-26(23)32)35-30(24)37(20-38)27-16-12-9-13-22(27)7-2/h6,9,12-16,18,20-21,33H,1,7-8,10-11,17,19H2,2-5H3/b34-29+. The van der Waals surface area contributed by atoms with Gasteiger partial charge in [-0.25, -0.2) is 9.37 Å². The van der Waals surface area contributed by atoms with Gasteiger partial charge in [-0.2, -0.15) is 0 Å². The molecule has 0 saturated heterocycles. The van der Waals surface area contributed by atoms with Crippen LogP contribution < -0.4 is 10.2 Å². The van der Waals surface area contributed by atoms with Crippen molar-refractivity contribution in [2.75, 3.05) is 32.1 Å². The number of amides is 1. The van der Waals surface area contributed by atoms with E-state index in [4.69, 9.17) is 16.6 Å². The van der Waals surface area contributed by atoms with E-state index in [9.17, 15) is 9.18 Å². The molecule has 1 N–H and O–H groups in total. The summed E-state index contributed by atoms with van der Waals surface area (Å²) in [4.78, 5) is 25.9. The highest BCUT2D eigenvalue weighted by Crippen LogP contribution is 2.38. The number of benzene rings is 1. The molecule has 0 fully saturated rings. The molecule has 0 aliphatic heterocycles. The summed E-state index contributed by atoms with van der Waals surface area (Å²) in [5.41, 5.74) is 2.92. The number of aromatic nitrogens is 1. The van der Waals surface area contributed by atoms with E-state index in [1.54, 1.807) is 25.3 Å². The van der Waals surface area contributed by atoms with E-state index in [0.717, 1.165) is 24.8 Å². The second-order valence-corrected chi connectivity index (χ2v) is 9.53. The number of carbonyl (C=O) groups excluding carboxylic acids is 1. The van der Waals surface area contributed by atoms with Gasteiger partial charge in [0, 0.05) is 31.8 Å². The number of aryl methyl sites for hydroxylation is 1. The lowest BCUT2D eigenvalue weighted by atomic mass is 10.0. The summed E-state index contributed by atoms with van der Waals surface area (Å²) < 4.78 is 14.9. The van der Waals surface area contributed by atoms with Crippen molar-refractivity contribution in [1.29, 1.82) is 0 Å². The average Bonchev–Trinajstić information content (AvgIpc) is 2.93. The smallest absolute Gasteiger partial charge is 0.219 e. The van der Waals surface area contributed by atoms with Gasteiger partial charge in [-0.15, -0.1) is 6.58 Å². The van der Waals surface area contributed by atoms with Gasteiger partial charge in [0.05, 0.1) is 22.0 Å². The Kier molecular flexibility index (Phi) is 10.8. The SMILES string of the molecule is C=CCCN(/C(=N/C)c1cc(Cl)c(C2=CCCC=C2F)nc1N(C=O)c1ccccc1CC)C(C)CNC. The molecule has 1 heterocycles. The van der Waals surface area contributed by atoms with E-state index in [2.05, 4.69) is 28.7 Å². The van der Waals surface area contributed by atoms with Crippen LogP contribution in [0, 0.1) is 0 Å². The second kappa shape index (κ2) is 14.0. The number of pyridine rings is 1. The van der Waals surface area contributed by atoms with Crippen LogP contribution in [0.15, 0.2) is 66.0 Å². The summed E-state index contributed by atoms with van der Waals surface area (Å²) >= 11 is 6.80. The summed E-state index contributed by atoms with van der Waals surface area (Å²) in [6, 6.07) is 9.51. The Labute approximate surface area is 230 Å². The van der Waals surface area contributed by atoms with E-state index >= 15 is 0 Å². The third-order valence-corrected chi connectivity index (χ3v) is 6.89. The molecule has 8 heteroatoms. The van der Waals surface area contributed by atoms with Crippen molar-refractivity contribution in [1.82, 2.24) is 15.2 Å². The van der Waals surface area contributed by atoms with Crippen molar-refractivity contribution < 1.29 is 9.18 Å². The van der Waals surface area contributed by atoms with Crippen LogP contribution in [0.5, 0.6) is 0 Å². The van der Waals surface area contributed by atoms with Crippen LogP contribution in [-0.4, -0.2) is 55.4 Å². The maximum absolute atomic E-state index is 14.9. The number of carbonyl (C=O) groups is 1. The van der Waals surface area contributed by atoms with E-state index in [1.165, 1.54) is 4.90 Å². The number of halogens is 2. The van der Waals surface area contributed by atoms with Crippen LogP contribution in [0.4, 0.5) is 15.9 Å². The first-order valence-electron chi connectivity index (χ1n) is 13.0. The molecule has 38 heavy (non-hydrogen) atoms. The highest BCUT2D eigenvalue weighted by Gasteiger charge is 2.28. The zero-order valence-electron chi connectivity index (χ0n) is 22.7. The fourth-order valence-corrected chi connectivity index (χ4v) is 4.96. The molecule has 1 amide bonds. The molecule has 0 saturated carbocycles. The zero-order chi connectivity index (χ0) is 27.7. The number of nitrogens with zero attached hydrogens (tertiary/aromatic N) is 4. The first-order valence-corrected chi connectivity index (χ1v) is 13.4. The molecule has 1 aliphatic carbocycles. The van der Waals surface area contributed by atoms with Gasteiger partial charge in [0.15, 0.2) is 5.82 Å². The number of allylic oxidation sites excluding steroid dienone is 4. The molecule has 1 unspecified atom stereocenters. The van der Waals surface area contributed by atoms with E-state index in [0.29, 0.717) is 65.1 Å². The number of para-hydroxylation sites is 1. The zero-order valence-corrected chi connectivity index (χ0v) is 23.4. The number of anilines is 2. The minimum absolute atomic E-state index is 0.0685. The summed E-state index contributed by atoms with van der Waals surface area (Å²) in [5, 5.41) is 3.52. The Balaban J connectivity index is 2.31. The van der Waals surface area contributed by atoms with Gasteiger partial charge < -0.3 is 10.2 Å². The summed E-state index contributed by atoms with van der Waals surface area (Å²) in [6.07, 6.45) is 8.72. The monoisotopic (exact) mass is 537 g/mol. The highest BCUT2D eigenvalue weighted by atomic mass is 35.5. The fraction of sp³-hybridized carbons (Fsp3) is 0.367. The van der Waals surface area contributed by atoms with Gasteiger partial charge in [-0.05, 0) is 63.4 Å².